The van der Waals surface area contributed by atoms with Gasteiger partial charge < -0.3 is 10.1 Å². The highest BCUT2D eigenvalue weighted by atomic mass is 127. The highest BCUT2D eigenvalue weighted by Crippen LogP contribution is 2.24. The number of carbonyl (C=O) groups is 1. The van der Waals surface area contributed by atoms with E-state index in [0.717, 1.165) is 9.26 Å². The molecule has 16 heavy (non-hydrogen) atoms. The number of benzene rings is 1. The Morgan fingerprint density at radius 3 is 2.88 bits per heavy atom. The standard InChI is InChI=1S/C11H13ClINO2/c1-3-16-11(15)7(2)14-10-5-4-8(13)6-9(10)12/h4-7,14H,3H2,1-2H3. The van der Waals surface area contributed by atoms with Gasteiger partial charge in [-0.1, -0.05) is 11.6 Å². The van der Waals surface area contributed by atoms with Crippen molar-refractivity contribution in [3.63, 3.8) is 0 Å². The molecule has 0 radical (unpaired) electrons. The van der Waals surface area contributed by atoms with Gasteiger partial charge in [0.2, 0.25) is 0 Å². The van der Waals surface area contributed by atoms with Gasteiger partial charge >= 0.3 is 5.97 Å². The van der Waals surface area contributed by atoms with Crippen molar-refractivity contribution in [2.45, 2.75) is 19.9 Å². The van der Waals surface area contributed by atoms with E-state index < -0.39 is 6.04 Å². The van der Waals surface area contributed by atoms with Crippen LogP contribution in [0.15, 0.2) is 18.2 Å². The van der Waals surface area contributed by atoms with E-state index in [2.05, 4.69) is 27.9 Å². The highest BCUT2D eigenvalue weighted by molar-refractivity contribution is 14.1. The Morgan fingerprint density at radius 2 is 2.31 bits per heavy atom. The van der Waals surface area contributed by atoms with E-state index in [-0.39, 0.29) is 5.97 Å². The van der Waals surface area contributed by atoms with Crippen LogP contribution in [0.25, 0.3) is 0 Å². The van der Waals surface area contributed by atoms with E-state index in [1.165, 1.54) is 0 Å². The van der Waals surface area contributed by atoms with Gasteiger partial charge in [-0.2, -0.15) is 0 Å². The molecule has 0 aliphatic heterocycles. The molecule has 1 aromatic carbocycles. The van der Waals surface area contributed by atoms with Gasteiger partial charge in [0.15, 0.2) is 0 Å². The first-order valence-electron chi connectivity index (χ1n) is 4.92. The predicted octanol–water partition coefficient (Wildman–Crippen LogP) is 3.31. The number of halogens is 2. The largest absolute Gasteiger partial charge is 0.464 e. The van der Waals surface area contributed by atoms with Crippen molar-refractivity contribution in [1.82, 2.24) is 0 Å². The zero-order valence-corrected chi connectivity index (χ0v) is 12.0. The Balaban J connectivity index is 2.69. The van der Waals surface area contributed by atoms with Crippen molar-refractivity contribution in [2.75, 3.05) is 11.9 Å². The number of nitrogens with one attached hydrogen (secondary N) is 1. The first-order valence-corrected chi connectivity index (χ1v) is 6.38. The SMILES string of the molecule is CCOC(=O)C(C)Nc1ccc(I)cc1Cl. The van der Waals surface area contributed by atoms with Gasteiger partial charge in [0.25, 0.3) is 0 Å². The second kappa shape index (κ2) is 6.30. The number of rotatable bonds is 4. The van der Waals surface area contributed by atoms with E-state index >= 15 is 0 Å². The molecular formula is C11H13ClINO2. The molecule has 0 fully saturated rings. The summed E-state index contributed by atoms with van der Waals surface area (Å²) in [5, 5.41) is 3.61. The second-order valence-electron chi connectivity index (χ2n) is 3.24. The molecule has 0 aliphatic rings. The summed E-state index contributed by atoms with van der Waals surface area (Å²) in [4.78, 5) is 11.4. The van der Waals surface area contributed by atoms with Crippen LogP contribution in [0, 0.1) is 3.57 Å². The lowest BCUT2D eigenvalue weighted by Gasteiger charge is -2.14. The quantitative estimate of drug-likeness (QED) is 0.667. The normalized spacial score (nSPS) is 12.0. The summed E-state index contributed by atoms with van der Waals surface area (Å²) >= 11 is 8.21. The minimum Gasteiger partial charge on any atom is -0.464 e. The lowest BCUT2D eigenvalue weighted by atomic mass is 10.2. The van der Waals surface area contributed by atoms with Crippen molar-refractivity contribution in [1.29, 1.82) is 0 Å². The summed E-state index contributed by atoms with van der Waals surface area (Å²) in [6, 6.07) is 5.20. The molecule has 88 valence electrons. The molecule has 1 atom stereocenters. The van der Waals surface area contributed by atoms with Crippen LogP contribution in [0.5, 0.6) is 0 Å². The third kappa shape index (κ3) is 3.83. The van der Waals surface area contributed by atoms with E-state index in [4.69, 9.17) is 16.3 Å². The predicted molar refractivity (Wildman–Crippen MR) is 73.9 cm³/mol. The summed E-state index contributed by atoms with van der Waals surface area (Å²) in [5.41, 5.74) is 0.739. The van der Waals surface area contributed by atoms with Crippen LogP contribution < -0.4 is 5.32 Å². The summed E-state index contributed by atoms with van der Waals surface area (Å²) in [7, 11) is 0. The van der Waals surface area contributed by atoms with Crippen LogP contribution in [0.3, 0.4) is 0 Å². The summed E-state index contributed by atoms with van der Waals surface area (Å²) in [6.07, 6.45) is 0. The van der Waals surface area contributed by atoms with Crippen LogP contribution in [0.1, 0.15) is 13.8 Å². The Bertz CT molecular complexity index is 384. The number of ether oxygens (including phenoxy) is 1. The van der Waals surface area contributed by atoms with Gasteiger partial charge in [-0.15, -0.1) is 0 Å². The van der Waals surface area contributed by atoms with E-state index in [9.17, 15) is 4.79 Å². The summed E-state index contributed by atoms with van der Waals surface area (Å²) in [5.74, 6) is -0.280. The summed E-state index contributed by atoms with van der Waals surface area (Å²) in [6.45, 7) is 3.90. The minimum atomic E-state index is -0.405. The molecule has 0 saturated heterocycles. The van der Waals surface area contributed by atoms with Crippen LogP contribution in [-0.4, -0.2) is 18.6 Å². The Hall–Kier alpha value is -0.490. The van der Waals surface area contributed by atoms with Crippen molar-refractivity contribution in [3.05, 3.63) is 26.8 Å². The van der Waals surface area contributed by atoms with Crippen LogP contribution in [-0.2, 0) is 9.53 Å². The maximum absolute atomic E-state index is 11.4. The molecule has 1 rings (SSSR count). The molecule has 0 spiro atoms. The average Bonchev–Trinajstić information content (AvgIpc) is 2.22. The third-order valence-electron chi connectivity index (χ3n) is 1.94. The van der Waals surface area contributed by atoms with Crippen LogP contribution in [0.4, 0.5) is 5.69 Å². The van der Waals surface area contributed by atoms with Crippen molar-refractivity contribution in [3.8, 4) is 0 Å². The maximum Gasteiger partial charge on any atom is 0.328 e. The minimum absolute atomic E-state index is 0.280. The molecule has 1 N–H and O–H groups in total. The Labute approximate surface area is 114 Å². The van der Waals surface area contributed by atoms with Gasteiger partial charge in [0, 0.05) is 3.57 Å². The lowest BCUT2D eigenvalue weighted by Crippen LogP contribution is -2.28. The maximum atomic E-state index is 11.4. The molecule has 0 aromatic heterocycles. The van der Waals surface area contributed by atoms with E-state index in [0.29, 0.717) is 11.6 Å². The fourth-order valence-corrected chi connectivity index (χ4v) is 2.08. The highest BCUT2D eigenvalue weighted by Gasteiger charge is 2.14. The topological polar surface area (TPSA) is 38.3 Å². The van der Waals surface area contributed by atoms with Crippen molar-refractivity contribution >= 4 is 45.8 Å². The first-order chi connectivity index (χ1) is 7.54. The molecule has 1 aromatic rings. The van der Waals surface area contributed by atoms with E-state index in [1.54, 1.807) is 13.8 Å². The Kier molecular flexibility index (Phi) is 5.34. The van der Waals surface area contributed by atoms with Gasteiger partial charge in [-0.3, -0.25) is 0 Å². The fourth-order valence-electron chi connectivity index (χ4n) is 1.17. The van der Waals surface area contributed by atoms with Crippen molar-refractivity contribution < 1.29 is 9.53 Å². The molecule has 1 unspecified atom stereocenters. The Morgan fingerprint density at radius 1 is 1.62 bits per heavy atom. The molecular weight excluding hydrogens is 340 g/mol. The number of hydrogen-bond donors (Lipinski definition) is 1. The van der Waals surface area contributed by atoms with Crippen LogP contribution in [0.2, 0.25) is 5.02 Å². The number of anilines is 1. The second-order valence-corrected chi connectivity index (χ2v) is 4.90. The average molecular weight is 354 g/mol. The summed E-state index contributed by atoms with van der Waals surface area (Å²) < 4.78 is 5.95. The van der Waals surface area contributed by atoms with Gasteiger partial charge in [-0.05, 0) is 54.6 Å². The molecule has 0 heterocycles. The number of hydrogen-bond acceptors (Lipinski definition) is 3. The lowest BCUT2D eigenvalue weighted by molar-refractivity contribution is -0.143. The number of carbonyl (C=O) groups excluding carboxylic acids is 1. The zero-order chi connectivity index (χ0) is 12.1. The van der Waals surface area contributed by atoms with E-state index in [1.807, 2.05) is 18.2 Å². The molecule has 0 bridgehead atoms. The molecule has 0 amide bonds. The molecule has 3 nitrogen and oxygen atoms in total. The fraction of sp³-hybridized carbons (Fsp3) is 0.364. The van der Waals surface area contributed by atoms with Gasteiger partial charge in [0.05, 0.1) is 17.3 Å². The zero-order valence-electron chi connectivity index (χ0n) is 9.09. The number of esters is 1. The van der Waals surface area contributed by atoms with Crippen LogP contribution >= 0.6 is 34.2 Å². The first kappa shape index (κ1) is 13.6. The van der Waals surface area contributed by atoms with Crippen molar-refractivity contribution in [2.24, 2.45) is 0 Å². The third-order valence-corrected chi connectivity index (χ3v) is 2.93. The van der Waals surface area contributed by atoms with Gasteiger partial charge in [0.1, 0.15) is 6.04 Å². The van der Waals surface area contributed by atoms with Gasteiger partial charge in [-0.25, -0.2) is 4.79 Å². The monoisotopic (exact) mass is 353 g/mol. The molecule has 0 saturated carbocycles. The molecule has 0 aliphatic carbocycles. The smallest absolute Gasteiger partial charge is 0.328 e. The molecule has 5 heteroatoms.